The molecule has 3 aromatic heterocycles. The van der Waals surface area contributed by atoms with E-state index in [4.69, 9.17) is 14.7 Å². The Kier molecular flexibility index (Phi) is 5.86. The minimum atomic E-state index is 0.460. The number of anilines is 3. The predicted molar refractivity (Wildman–Crippen MR) is 124 cm³/mol. The summed E-state index contributed by atoms with van der Waals surface area (Å²) in [5.41, 5.74) is 2.01. The summed E-state index contributed by atoms with van der Waals surface area (Å²) in [4.78, 5) is 13.5. The lowest BCUT2D eigenvalue weighted by atomic mass is 9.90. The number of nitrogens with one attached hydrogen (secondary N) is 2. The normalized spacial score (nSPS) is 23.0. The van der Waals surface area contributed by atoms with Crippen molar-refractivity contribution >= 4 is 49.9 Å². The van der Waals surface area contributed by atoms with E-state index in [9.17, 15) is 0 Å². The largest absolute Gasteiger partial charge is 0.379 e. The third-order valence-corrected chi connectivity index (χ3v) is 7.80. The Balaban J connectivity index is 1.31. The molecule has 2 N–H and O–H groups in total. The number of hydrogen-bond donors (Lipinski definition) is 2. The molecule has 4 heterocycles. The number of aryl methyl sites for hydroxylation is 2. The van der Waals surface area contributed by atoms with E-state index in [1.807, 2.05) is 13.0 Å². The SMILES string of the molecule is Cc1cc(Nc2nc(N[C@H]3CC[C@H](N4CCOCC4)CC3)c3sc(C)cc3n2)sn1. The highest BCUT2D eigenvalue weighted by atomic mass is 32.1. The molecule has 2 fully saturated rings. The highest BCUT2D eigenvalue weighted by Gasteiger charge is 2.27. The molecule has 1 saturated heterocycles. The summed E-state index contributed by atoms with van der Waals surface area (Å²) in [5, 5.41) is 8.06. The zero-order chi connectivity index (χ0) is 20.5. The number of hydrogen-bond acceptors (Lipinski definition) is 9. The molecule has 30 heavy (non-hydrogen) atoms. The van der Waals surface area contributed by atoms with Crippen LogP contribution in [0.15, 0.2) is 12.1 Å². The number of rotatable bonds is 5. The first kappa shape index (κ1) is 20.1. The molecule has 3 aromatic rings. The number of aromatic nitrogens is 3. The minimum absolute atomic E-state index is 0.460. The standard InChI is InChI=1S/C21H28N6OS2/c1-13-11-18(30-26-13)24-21-23-17-12-14(2)29-19(17)20(25-21)22-15-3-5-16(6-4-15)27-7-9-28-10-8-27/h11-12,15-16H,3-10H2,1-2H3,(H2,22,23,24,25)/t15-,16-. The van der Waals surface area contributed by atoms with Crippen molar-refractivity contribution in [1.29, 1.82) is 0 Å². The summed E-state index contributed by atoms with van der Waals surface area (Å²) in [6, 6.07) is 5.33. The van der Waals surface area contributed by atoms with E-state index < -0.39 is 0 Å². The maximum absolute atomic E-state index is 5.51. The monoisotopic (exact) mass is 444 g/mol. The lowest BCUT2D eigenvalue weighted by molar-refractivity contribution is 0.00791. The van der Waals surface area contributed by atoms with Gasteiger partial charge in [-0.15, -0.1) is 11.3 Å². The second-order valence-electron chi connectivity index (χ2n) is 8.22. The van der Waals surface area contributed by atoms with Gasteiger partial charge >= 0.3 is 0 Å². The molecule has 0 aromatic carbocycles. The molecule has 0 radical (unpaired) electrons. The van der Waals surface area contributed by atoms with Gasteiger partial charge in [-0.05, 0) is 63.2 Å². The van der Waals surface area contributed by atoms with E-state index in [-0.39, 0.29) is 0 Å². The van der Waals surface area contributed by atoms with Crippen LogP contribution in [-0.4, -0.2) is 57.6 Å². The van der Waals surface area contributed by atoms with E-state index in [1.165, 1.54) is 42.1 Å². The van der Waals surface area contributed by atoms with E-state index in [2.05, 4.69) is 32.9 Å². The highest BCUT2D eigenvalue weighted by molar-refractivity contribution is 7.19. The zero-order valence-electron chi connectivity index (χ0n) is 17.5. The molecule has 0 atom stereocenters. The maximum Gasteiger partial charge on any atom is 0.230 e. The summed E-state index contributed by atoms with van der Waals surface area (Å²) >= 11 is 3.20. The van der Waals surface area contributed by atoms with Crippen LogP contribution < -0.4 is 10.6 Å². The van der Waals surface area contributed by atoms with Gasteiger partial charge < -0.3 is 15.4 Å². The number of nitrogens with zero attached hydrogens (tertiary/aromatic N) is 4. The Morgan fingerprint density at radius 1 is 1.07 bits per heavy atom. The molecule has 0 amide bonds. The topological polar surface area (TPSA) is 75.2 Å². The van der Waals surface area contributed by atoms with E-state index in [0.29, 0.717) is 18.0 Å². The molecule has 2 aliphatic rings. The first-order valence-corrected chi connectivity index (χ1v) is 12.3. The van der Waals surface area contributed by atoms with Gasteiger partial charge in [0.1, 0.15) is 10.8 Å². The van der Waals surface area contributed by atoms with Crippen molar-refractivity contribution in [3.63, 3.8) is 0 Å². The summed E-state index contributed by atoms with van der Waals surface area (Å²) in [6.45, 7) is 8.04. The quantitative estimate of drug-likeness (QED) is 0.597. The van der Waals surface area contributed by atoms with Gasteiger partial charge in [-0.1, -0.05) is 0 Å². The Bertz CT molecular complexity index is 1000. The second kappa shape index (κ2) is 8.74. The Morgan fingerprint density at radius 2 is 1.87 bits per heavy atom. The van der Waals surface area contributed by atoms with Crippen molar-refractivity contribution in [2.45, 2.75) is 51.6 Å². The zero-order valence-corrected chi connectivity index (χ0v) is 19.1. The molecule has 9 heteroatoms. The van der Waals surface area contributed by atoms with Gasteiger partial charge in [0, 0.05) is 30.1 Å². The summed E-state index contributed by atoms with van der Waals surface area (Å²) < 4.78 is 11.0. The van der Waals surface area contributed by atoms with E-state index in [1.54, 1.807) is 11.3 Å². The van der Waals surface area contributed by atoms with E-state index in [0.717, 1.165) is 53.0 Å². The molecule has 1 saturated carbocycles. The van der Waals surface area contributed by atoms with Gasteiger partial charge in [-0.25, -0.2) is 4.98 Å². The highest BCUT2D eigenvalue weighted by Crippen LogP contribution is 2.34. The molecule has 160 valence electrons. The maximum atomic E-state index is 5.51. The fourth-order valence-electron chi connectivity index (χ4n) is 4.46. The average Bonchev–Trinajstić information content (AvgIpc) is 3.34. The van der Waals surface area contributed by atoms with Gasteiger partial charge in [-0.3, -0.25) is 4.90 Å². The first-order valence-electron chi connectivity index (χ1n) is 10.7. The van der Waals surface area contributed by atoms with Crippen molar-refractivity contribution in [3.8, 4) is 0 Å². The fourth-order valence-corrected chi connectivity index (χ4v) is 6.02. The third-order valence-electron chi connectivity index (χ3n) is 5.96. The molecule has 1 aliphatic carbocycles. The van der Waals surface area contributed by atoms with Crippen LogP contribution >= 0.6 is 22.9 Å². The molecule has 7 nitrogen and oxygen atoms in total. The summed E-state index contributed by atoms with van der Waals surface area (Å²) in [5.74, 6) is 1.59. The second-order valence-corrected chi connectivity index (χ2v) is 10.3. The van der Waals surface area contributed by atoms with Crippen molar-refractivity contribution in [3.05, 3.63) is 22.7 Å². The Labute approximate surface area is 185 Å². The molecule has 0 spiro atoms. The molecule has 0 bridgehead atoms. The van der Waals surface area contributed by atoms with Crippen molar-refractivity contribution < 1.29 is 4.74 Å². The molecule has 0 unspecified atom stereocenters. The van der Waals surface area contributed by atoms with Crippen LogP contribution in [0, 0.1) is 13.8 Å². The van der Waals surface area contributed by atoms with Crippen LogP contribution in [0.4, 0.5) is 16.8 Å². The van der Waals surface area contributed by atoms with Gasteiger partial charge in [0.25, 0.3) is 0 Å². The van der Waals surface area contributed by atoms with Crippen LogP contribution in [0.3, 0.4) is 0 Å². The number of thiophene rings is 1. The lowest BCUT2D eigenvalue weighted by Crippen LogP contribution is -2.46. The number of fused-ring (bicyclic) bond motifs is 1. The van der Waals surface area contributed by atoms with Gasteiger partial charge in [-0.2, -0.15) is 9.36 Å². The molecular formula is C21H28N6OS2. The van der Waals surface area contributed by atoms with Crippen LogP contribution in [0.2, 0.25) is 0 Å². The smallest absolute Gasteiger partial charge is 0.230 e. The molecule has 1 aliphatic heterocycles. The van der Waals surface area contributed by atoms with Gasteiger partial charge in [0.15, 0.2) is 0 Å². The Hall–Kier alpha value is -1.81. The van der Waals surface area contributed by atoms with Crippen molar-refractivity contribution in [2.24, 2.45) is 0 Å². The predicted octanol–water partition coefficient (Wildman–Crippen LogP) is 4.56. The Morgan fingerprint density at radius 3 is 2.60 bits per heavy atom. The summed E-state index contributed by atoms with van der Waals surface area (Å²) in [6.07, 6.45) is 4.82. The fraction of sp³-hybridized carbons (Fsp3) is 0.571. The van der Waals surface area contributed by atoms with Crippen LogP contribution in [0.1, 0.15) is 36.3 Å². The summed E-state index contributed by atoms with van der Waals surface area (Å²) in [7, 11) is 0. The van der Waals surface area contributed by atoms with Crippen LogP contribution in [-0.2, 0) is 4.74 Å². The van der Waals surface area contributed by atoms with Crippen LogP contribution in [0.25, 0.3) is 10.2 Å². The first-order chi connectivity index (χ1) is 14.6. The average molecular weight is 445 g/mol. The van der Waals surface area contributed by atoms with Gasteiger partial charge in [0.05, 0.1) is 29.1 Å². The number of morpholine rings is 1. The molecule has 5 rings (SSSR count). The van der Waals surface area contributed by atoms with Gasteiger partial charge in [0.2, 0.25) is 5.95 Å². The van der Waals surface area contributed by atoms with Crippen molar-refractivity contribution in [2.75, 3.05) is 36.9 Å². The van der Waals surface area contributed by atoms with Crippen LogP contribution in [0.5, 0.6) is 0 Å². The minimum Gasteiger partial charge on any atom is -0.379 e. The molecular weight excluding hydrogens is 416 g/mol. The van der Waals surface area contributed by atoms with E-state index >= 15 is 0 Å². The van der Waals surface area contributed by atoms with Crippen molar-refractivity contribution in [1.82, 2.24) is 19.2 Å². The number of ether oxygens (including phenoxy) is 1. The lowest BCUT2D eigenvalue weighted by Gasteiger charge is -2.39. The third kappa shape index (κ3) is 4.44.